The third-order valence-corrected chi connectivity index (χ3v) is 4.08. The smallest absolute Gasteiger partial charge is 0.381 e. The molecule has 3 nitrogen and oxygen atoms in total. The maximum atomic E-state index is 12.4. The molecule has 0 unspecified atom stereocenters. The van der Waals surface area contributed by atoms with Crippen LogP contribution in [0.15, 0.2) is 0 Å². The lowest BCUT2D eigenvalue weighted by molar-refractivity contribution is -0.274. The zero-order valence-electron chi connectivity index (χ0n) is 10.1. The number of halogens is 7. The highest BCUT2D eigenvalue weighted by Crippen LogP contribution is 2.40. The highest BCUT2D eigenvalue weighted by Gasteiger charge is 2.61. The summed E-state index contributed by atoms with van der Waals surface area (Å²) in [5.41, 5.74) is -1.15. The Morgan fingerprint density at radius 1 is 1.15 bits per heavy atom. The van der Waals surface area contributed by atoms with Gasteiger partial charge in [-0.05, 0) is 12.8 Å². The number of amides is 1. The SMILES string of the molecule is O=C(NC1(CBr)CCOCC1)C(C(F)(F)F)C(F)(F)F. The third-order valence-electron chi connectivity index (χ3n) is 3.01. The van der Waals surface area contributed by atoms with E-state index in [1.165, 1.54) is 0 Å². The van der Waals surface area contributed by atoms with Crippen LogP contribution < -0.4 is 5.32 Å². The molecule has 0 aromatic heterocycles. The van der Waals surface area contributed by atoms with E-state index in [0.717, 1.165) is 0 Å². The molecule has 10 heteroatoms. The first-order chi connectivity index (χ1) is 9.02. The normalized spacial score (nSPS) is 20.0. The number of rotatable bonds is 3. The number of carbonyl (C=O) groups is 1. The second-order valence-electron chi connectivity index (χ2n) is 4.53. The average Bonchev–Trinajstić information content (AvgIpc) is 2.25. The molecule has 1 amide bonds. The van der Waals surface area contributed by atoms with Crippen molar-refractivity contribution in [3.05, 3.63) is 0 Å². The molecule has 118 valence electrons. The quantitative estimate of drug-likeness (QED) is 0.611. The standard InChI is InChI=1S/C10H12BrF6NO2/c11-5-8(1-3-20-4-2-8)18-7(19)6(9(12,13)14)10(15,16)17/h6H,1-5H2,(H,18,19). The van der Waals surface area contributed by atoms with E-state index in [4.69, 9.17) is 4.74 Å². The number of alkyl halides is 7. The molecule has 1 aliphatic rings. The number of hydrogen-bond donors (Lipinski definition) is 1. The van der Waals surface area contributed by atoms with Crippen LogP contribution in [0.25, 0.3) is 0 Å². The zero-order valence-corrected chi connectivity index (χ0v) is 11.7. The molecule has 0 aromatic rings. The van der Waals surface area contributed by atoms with Gasteiger partial charge < -0.3 is 10.1 Å². The Morgan fingerprint density at radius 2 is 1.60 bits per heavy atom. The van der Waals surface area contributed by atoms with Gasteiger partial charge in [-0.3, -0.25) is 4.79 Å². The van der Waals surface area contributed by atoms with Gasteiger partial charge in [0.15, 0.2) is 0 Å². The Balaban J connectivity index is 2.91. The van der Waals surface area contributed by atoms with Crippen molar-refractivity contribution in [1.82, 2.24) is 5.32 Å². The van der Waals surface area contributed by atoms with E-state index in [2.05, 4.69) is 15.9 Å². The minimum Gasteiger partial charge on any atom is -0.381 e. The Morgan fingerprint density at radius 3 is 1.95 bits per heavy atom. The van der Waals surface area contributed by atoms with Gasteiger partial charge in [0.2, 0.25) is 11.8 Å². The van der Waals surface area contributed by atoms with E-state index in [1.54, 1.807) is 0 Å². The van der Waals surface area contributed by atoms with Crippen LogP contribution in [0, 0.1) is 5.92 Å². The van der Waals surface area contributed by atoms with Crippen LogP contribution in [0.5, 0.6) is 0 Å². The van der Waals surface area contributed by atoms with Gasteiger partial charge in [-0.2, -0.15) is 26.3 Å². The van der Waals surface area contributed by atoms with Gasteiger partial charge in [-0.25, -0.2) is 0 Å². The second-order valence-corrected chi connectivity index (χ2v) is 5.09. The molecule has 1 heterocycles. The summed E-state index contributed by atoms with van der Waals surface area (Å²) in [7, 11) is 0. The van der Waals surface area contributed by atoms with E-state index in [9.17, 15) is 31.1 Å². The Bertz CT molecular complexity index is 337. The van der Waals surface area contributed by atoms with Crippen molar-refractivity contribution in [3.8, 4) is 0 Å². The molecule has 1 aliphatic heterocycles. The first-order valence-corrected chi connectivity index (χ1v) is 6.73. The maximum absolute atomic E-state index is 12.4. The molecule has 1 rings (SSSR count). The molecule has 0 spiro atoms. The first kappa shape index (κ1) is 17.5. The number of ether oxygens (including phenoxy) is 1. The average molecular weight is 372 g/mol. The summed E-state index contributed by atoms with van der Waals surface area (Å²) >= 11 is 3.01. The number of nitrogens with one attached hydrogen (secondary N) is 1. The zero-order chi connectivity index (χ0) is 15.6. The predicted octanol–water partition coefficient (Wildman–Crippen LogP) is 2.79. The molecule has 0 saturated carbocycles. The van der Waals surface area contributed by atoms with Crippen LogP contribution in [0.4, 0.5) is 26.3 Å². The molecule has 0 radical (unpaired) electrons. The second kappa shape index (κ2) is 6.08. The minimum absolute atomic E-state index is 0.0531. The van der Waals surface area contributed by atoms with Gasteiger partial charge in [-0.1, -0.05) is 15.9 Å². The van der Waals surface area contributed by atoms with Crippen LogP contribution >= 0.6 is 15.9 Å². The summed E-state index contributed by atoms with van der Waals surface area (Å²) < 4.78 is 79.6. The Kier molecular flexibility index (Phi) is 5.34. The molecular weight excluding hydrogens is 360 g/mol. The van der Waals surface area contributed by atoms with Gasteiger partial charge in [0.1, 0.15) is 0 Å². The predicted molar refractivity (Wildman–Crippen MR) is 60.3 cm³/mol. The summed E-state index contributed by atoms with van der Waals surface area (Å²) in [6.07, 6.45) is -11.1. The molecule has 1 saturated heterocycles. The number of hydrogen-bond acceptors (Lipinski definition) is 2. The largest absolute Gasteiger partial charge is 0.409 e. The lowest BCUT2D eigenvalue weighted by Gasteiger charge is -2.37. The van der Waals surface area contributed by atoms with Crippen molar-refractivity contribution in [2.24, 2.45) is 5.92 Å². The van der Waals surface area contributed by atoms with Crippen LogP contribution in [-0.4, -0.2) is 42.3 Å². The fraction of sp³-hybridized carbons (Fsp3) is 0.900. The molecule has 0 aromatic carbocycles. The lowest BCUT2D eigenvalue weighted by atomic mass is 9.91. The third kappa shape index (κ3) is 4.24. The van der Waals surface area contributed by atoms with Crippen LogP contribution in [0.3, 0.4) is 0 Å². The van der Waals surface area contributed by atoms with Crippen molar-refractivity contribution >= 4 is 21.8 Å². The van der Waals surface area contributed by atoms with Gasteiger partial charge in [0, 0.05) is 18.5 Å². The summed E-state index contributed by atoms with van der Waals surface area (Å²) in [5.74, 6) is -6.10. The minimum atomic E-state index is -5.68. The van der Waals surface area contributed by atoms with Crippen molar-refractivity contribution in [1.29, 1.82) is 0 Å². The van der Waals surface area contributed by atoms with E-state index in [-0.39, 0.29) is 31.4 Å². The number of carbonyl (C=O) groups excluding carboxylic acids is 1. The lowest BCUT2D eigenvalue weighted by Crippen LogP contribution is -2.58. The molecule has 0 atom stereocenters. The summed E-state index contributed by atoms with van der Waals surface area (Å²) in [6.45, 7) is 0.323. The molecule has 1 fully saturated rings. The van der Waals surface area contributed by atoms with Gasteiger partial charge in [-0.15, -0.1) is 0 Å². The van der Waals surface area contributed by atoms with Crippen molar-refractivity contribution in [2.75, 3.05) is 18.5 Å². The summed E-state index contributed by atoms with van der Waals surface area (Å²) in [5, 5.41) is 1.94. The van der Waals surface area contributed by atoms with Crippen LogP contribution in [0.1, 0.15) is 12.8 Å². The van der Waals surface area contributed by atoms with Gasteiger partial charge >= 0.3 is 12.4 Å². The summed E-state index contributed by atoms with van der Waals surface area (Å²) in [4.78, 5) is 11.5. The molecule has 1 N–H and O–H groups in total. The van der Waals surface area contributed by atoms with Crippen LogP contribution in [-0.2, 0) is 9.53 Å². The first-order valence-electron chi connectivity index (χ1n) is 5.61. The molecule has 0 aliphatic carbocycles. The van der Waals surface area contributed by atoms with E-state index >= 15 is 0 Å². The van der Waals surface area contributed by atoms with Crippen molar-refractivity contribution in [2.45, 2.75) is 30.7 Å². The monoisotopic (exact) mass is 371 g/mol. The fourth-order valence-corrected chi connectivity index (χ4v) is 2.57. The van der Waals surface area contributed by atoms with Gasteiger partial charge in [0.25, 0.3) is 0 Å². The van der Waals surface area contributed by atoms with Crippen molar-refractivity contribution in [3.63, 3.8) is 0 Å². The molecule has 20 heavy (non-hydrogen) atoms. The maximum Gasteiger partial charge on any atom is 0.409 e. The highest BCUT2D eigenvalue weighted by atomic mass is 79.9. The molecular formula is C10H12BrF6NO2. The topological polar surface area (TPSA) is 38.3 Å². The van der Waals surface area contributed by atoms with Crippen LogP contribution in [0.2, 0.25) is 0 Å². The fourth-order valence-electron chi connectivity index (χ4n) is 1.87. The van der Waals surface area contributed by atoms with E-state index in [0.29, 0.717) is 0 Å². The van der Waals surface area contributed by atoms with E-state index in [1.807, 2.05) is 5.32 Å². The molecule has 0 bridgehead atoms. The van der Waals surface area contributed by atoms with E-state index < -0.39 is 29.7 Å². The Labute approximate surface area is 119 Å². The van der Waals surface area contributed by atoms with Crippen molar-refractivity contribution < 1.29 is 35.9 Å². The highest BCUT2D eigenvalue weighted by molar-refractivity contribution is 9.09. The Hall–Kier alpha value is -0.510. The van der Waals surface area contributed by atoms with Gasteiger partial charge in [0.05, 0.1) is 5.54 Å². The summed E-state index contributed by atoms with van der Waals surface area (Å²) in [6, 6.07) is 0.